The molecule has 0 aromatic rings. The molecule has 2 aliphatic rings. The van der Waals surface area contributed by atoms with Crippen molar-refractivity contribution in [3.05, 3.63) is 0 Å². The van der Waals surface area contributed by atoms with Crippen molar-refractivity contribution in [2.45, 2.75) is 38.1 Å². The van der Waals surface area contributed by atoms with Crippen LogP contribution in [0.3, 0.4) is 0 Å². The third-order valence-electron chi connectivity index (χ3n) is 3.27. The van der Waals surface area contributed by atoms with Crippen molar-refractivity contribution in [3.8, 4) is 0 Å². The SMILES string of the molecule is O=C(N[C@H]1CCCNC1)N1CCCCC1. The summed E-state index contributed by atoms with van der Waals surface area (Å²) >= 11 is 0. The Balaban J connectivity index is 1.74. The number of nitrogens with zero attached hydrogens (tertiary/aromatic N) is 1. The summed E-state index contributed by atoms with van der Waals surface area (Å²) in [6.45, 7) is 3.90. The molecule has 2 saturated heterocycles. The molecule has 2 fully saturated rings. The lowest BCUT2D eigenvalue weighted by Gasteiger charge is -2.30. The highest BCUT2D eigenvalue weighted by molar-refractivity contribution is 5.74. The zero-order valence-electron chi connectivity index (χ0n) is 9.30. The molecule has 0 saturated carbocycles. The monoisotopic (exact) mass is 211 g/mol. The zero-order valence-corrected chi connectivity index (χ0v) is 9.30. The molecule has 0 aromatic carbocycles. The van der Waals surface area contributed by atoms with Crippen LogP contribution in [0.15, 0.2) is 0 Å². The molecule has 0 radical (unpaired) electrons. The number of rotatable bonds is 1. The fraction of sp³-hybridized carbons (Fsp3) is 0.909. The highest BCUT2D eigenvalue weighted by Crippen LogP contribution is 2.09. The molecule has 15 heavy (non-hydrogen) atoms. The van der Waals surface area contributed by atoms with Crippen molar-refractivity contribution in [3.63, 3.8) is 0 Å². The molecule has 2 heterocycles. The molecule has 0 spiro atoms. The van der Waals surface area contributed by atoms with Crippen LogP contribution in [-0.2, 0) is 0 Å². The van der Waals surface area contributed by atoms with E-state index in [4.69, 9.17) is 0 Å². The maximum absolute atomic E-state index is 11.9. The minimum absolute atomic E-state index is 0.142. The second-order valence-electron chi connectivity index (χ2n) is 4.54. The number of hydrogen-bond acceptors (Lipinski definition) is 2. The Morgan fingerprint density at radius 3 is 2.67 bits per heavy atom. The molecule has 2 aliphatic heterocycles. The Hall–Kier alpha value is -0.770. The maximum Gasteiger partial charge on any atom is 0.317 e. The molecule has 0 aromatic heterocycles. The van der Waals surface area contributed by atoms with Crippen molar-refractivity contribution < 1.29 is 4.79 Å². The summed E-state index contributed by atoms with van der Waals surface area (Å²) in [6.07, 6.45) is 5.89. The van der Waals surface area contributed by atoms with E-state index in [9.17, 15) is 4.79 Å². The molecule has 2 rings (SSSR count). The third-order valence-corrected chi connectivity index (χ3v) is 3.27. The van der Waals surface area contributed by atoms with Gasteiger partial charge in [-0.25, -0.2) is 4.79 Å². The molecule has 1 atom stereocenters. The first kappa shape index (κ1) is 10.7. The fourth-order valence-electron chi connectivity index (χ4n) is 2.34. The highest BCUT2D eigenvalue weighted by atomic mass is 16.2. The van der Waals surface area contributed by atoms with Crippen molar-refractivity contribution in [1.82, 2.24) is 15.5 Å². The van der Waals surface area contributed by atoms with Gasteiger partial charge in [0.25, 0.3) is 0 Å². The molecule has 2 N–H and O–H groups in total. The molecule has 4 heteroatoms. The predicted molar refractivity (Wildman–Crippen MR) is 59.8 cm³/mol. The second kappa shape index (κ2) is 5.35. The van der Waals surface area contributed by atoms with Crippen molar-refractivity contribution in [1.29, 1.82) is 0 Å². The van der Waals surface area contributed by atoms with Gasteiger partial charge in [-0.15, -0.1) is 0 Å². The van der Waals surface area contributed by atoms with E-state index >= 15 is 0 Å². The van der Waals surface area contributed by atoms with Gasteiger partial charge in [0.2, 0.25) is 0 Å². The van der Waals surface area contributed by atoms with E-state index in [2.05, 4.69) is 10.6 Å². The number of hydrogen-bond donors (Lipinski definition) is 2. The summed E-state index contributed by atoms with van der Waals surface area (Å²) in [5, 5.41) is 6.42. The van der Waals surface area contributed by atoms with Crippen LogP contribution in [0.5, 0.6) is 0 Å². The van der Waals surface area contributed by atoms with Crippen molar-refractivity contribution in [2.24, 2.45) is 0 Å². The van der Waals surface area contributed by atoms with Crippen LogP contribution in [0, 0.1) is 0 Å². The van der Waals surface area contributed by atoms with Crippen LogP contribution in [0.2, 0.25) is 0 Å². The number of amides is 2. The molecule has 4 nitrogen and oxygen atoms in total. The molecule has 86 valence electrons. The van der Waals surface area contributed by atoms with E-state index in [1.807, 2.05) is 4.90 Å². The Bertz CT molecular complexity index is 208. The standard InChI is InChI=1S/C11H21N3O/c15-11(14-7-2-1-3-8-14)13-10-5-4-6-12-9-10/h10,12H,1-9H2,(H,13,15)/t10-/m0/s1. The number of nitrogens with one attached hydrogen (secondary N) is 2. The van der Waals surface area contributed by atoms with Gasteiger partial charge in [0, 0.05) is 25.7 Å². The summed E-state index contributed by atoms with van der Waals surface area (Å²) < 4.78 is 0. The molecule has 2 amide bonds. The van der Waals surface area contributed by atoms with Gasteiger partial charge < -0.3 is 15.5 Å². The Morgan fingerprint density at radius 2 is 2.00 bits per heavy atom. The Kier molecular flexibility index (Phi) is 3.83. The normalized spacial score (nSPS) is 27.5. The Labute approximate surface area is 91.4 Å². The minimum Gasteiger partial charge on any atom is -0.334 e. The maximum atomic E-state index is 11.9. The number of carbonyl (C=O) groups excluding carboxylic acids is 1. The van der Waals surface area contributed by atoms with Gasteiger partial charge >= 0.3 is 6.03 Å². The van der Waals surface area contributed by atoms with Gasteiger partial charge in [0.05, 0.1) is 0 Å². The van der Waals surface area contributed by atoms with Gasteiger partial charge in [0.15, 0.2) is 0 Å². The molecule has 0 unspecified atom stereocenters. The average Bonchev–Trinajstić information content (AvgIpc) is 2.31. The van der Waals surface area contributed by atoms with Gasteiger partial charge in [-0.05, 0) is 38.6 Å². The second-order valence-corrected chi connectivity index (χ2v) is 4.54. The summed E-state index contributed by atoms with van der Waals surface area (Å²) in [5.74, 6) is 0. The average molecular weight is 211 g/mol. The van der Waals surface area contributed by atoms with Gasteiger partial charge in [-0.2, -0.15) is 0 Å². The first-order valence-corrected chi connectivity index (χ1v) is 6.12. The summed E-state index contributed by atoms with van der Waals surface area (Å²) in [4.78, 5) is 13.8. The topological polar surface area (TPSA) is 44.4 Å². The number of urea groups is 1. The van der Waals surface area contributed by atoms with Crippen LogP contribution < -0.4 is 10.6 Å². The smallest absolute Gasteiger partial charge is 0.317 e. The Morgan fingerprint density at radius 1 is 1.20 bits per heavy atom. The van der Waals surface area contributed by atoms with E-state index in [0.717, 1.165) is 45.4 Å². The van der Waals surface area contributed by atoms with Crippen LogP contribution in [0.25, 0.3) is 0 Å². The van der Waals surface area contributed by atoms with E-state index in [-0.39, 0.29) is 6.03 Å². The van der Waals surface area contributed by atoms with Gasteiger partial charge in [-0.3, -0.25) is 0 Å². The quantitative estimate of drug-likeness (QED) is 0.678. The van der Waals surface area contributed by atoms with E-state index in [1.165, 1.54) is 12.8 Å². The largest absolute Gasteiger partial charge is 0.334 e. The molecular formula is C11H21N3O. The van der Waals surface area contributed by atoms with Crippen molar-refractivity contribution >= 4 is 6.03 Å². The molecule has 0 bridgehead atoms. The number of carbonyl (C=O) groups is 1. The third kappa shape index (κ3) is 3.09. The van der Waals surface area contributed by atoms with Gasteiger partial charge in [0.1, 0.15) is 0 Å². The number of piperidine rings is 2. The molecule has 0 aliphatic carbocycles. The van der Waals surface area contributed by atoms with E-state index in [0.29, 0.717) is 6.04 Å². The van der Waals surface area contributed by atoms with Crippen LogP contribution in [0.1, 0.15) is 32.1 Å². The van der Waals surface area contributed by atoms with Crippen LogP contribution >= 0.6 is 0 Å². The van der Waals surface area contributed by atoms with Gasteiger partial charge in [-0.1, -0.05) is 0 Å². The first-order valence-electron chi connectivity index (χ1n) is 6.12. The van der Waals surface area contributed by atoms with Crippen molar-refractivity contribution in [2.75, 3.05) is 26.2 Å². The van der Waals surface area contributed by atoms with Crippen LogP contribution in [-0.4, -0.2) is 43.2 Å². The lowest BCUT2D eigenvalue weighted by molar-refractivity contribution is 0.180. The van der Waals surface area contributed by atoms with E-state index < -0.39 is 0 Å². The summed E-state index contributed by atoms with van der Waals surface area (Å²) in [6, 6.07) is 0.483. The highest BCUT2D eigenvalue weighted by Gasteiger charge is 2.20. The molecular weight excluding hydrogens is 190 g/mol. The summed E-state index contributed by atoms with van der Waals surface area (Å²) in [5.41, 5.74) is 0. The number of likely N-dealkylation sites (tertiary alicyclic amines) is 1. The summed E-state index contributed by atoms with van der Waals surface area (Å²) in [7, 11) is 0. The van der Waals surface area contributed by atoms with E-state index in [1.54, 1.807) is 0 Å². The lowest BCUT2D eigenvalue weighted by Crippen LogP contribution is -2.51. The lowest BCUT2D eigenvalue weighted by atomic mass is 10.1. The minimum atomic E-state index is 0.142. The zero-order chi connectivity index (χ0) is 10.5. The first-order chi connectivity index (χ1) is 7.36. The predicted octanol–water partition coefficient (Wildman–Crippen LogP) is 0.934. The van der Waals surface area contributed by atoms with Crippen LogP contribution in [0.4, 0.5) is 4.79 Å². The fourth-order valence-corrected chi connectivity index (χ4v) is 2.34.